The summed E-state index contributed by atoms with van der Waals surface area (Å²) in [7, 11) is 0. The molecule has 0 amide bonds. The van der Waals surface area contributed by atoms with Crippen LogP contribution in [0.3, 0.4) is 0 Å². The largest absolute Gasteiger partial charge is 0.466 e. The van der Waals surface area contributed by atoms with Gasteiger partial charge in [0.15, 0.2) is 0 Å². The Balaban J connectivity index is 1.54. The first-order valence-electron chi connectivity index (χ1n) is 13.8. The Bertz CT molecular complexity index is 1410. The molecule has 0 aliphatic rings. The number of aliphatic hydroxyl groups is 1. The molecule has 2 atom stereocenters. The third kappa shape index (κ3) is 5.69. The molecule has 5 rings (SSSR count). The molecule has 5 aromatic rings. The van der Waals surface area contributed by atoms with Gasteiger partial charge in [0.25, 0.3) is 0 Å². The lowest BCUT2D eigenvalue weighted by Gasteiger charge is -2.37. The third-order valence-corrected chi connectivity index (χ3v) is 7.38. The maximum Gasteiger partial charge on any atom is 0.313 e. The van der Waals surface area contributed by atoms with Gasteiger partial charge in [-0.2, -0.15) is 0 Å². The van der Waals surface area contributed by atoms with Crippen molar-refractivity contribution in [1.82, 2.24) is 0 Å². The molecule has 0 unspecified atom stereocenters. The second-order valence-corrected chi connectivity index (χ2v) is 9.86. The molecule has 0 aliphatic carbocycles. The highest BCUT2D eigenvalue weighted by molar-refractivity contribution is 5.85. The summed E-state index contributed by atoms with van der Waals surface area (Å²) in [5.74, 6) is -1.37. The van der Waals surface area contributed by atoms with Crippen LogP contribution in [0.15, 0.2) is 133 Å². The first-order valence-corrected chi connectivity index (χ1v) is 13.8. The molecular weight excluding hydrogens is 496 g/mol. The van der Waals surface area contributed by atoms with E-state index < -0.39 is 23.6 Å². The second-order valence-electron chi connectivity index (χ2n) is 9.86. The van der Waals surface area contributed by atoms with E-state index in [9.17, 15) is 9.90 Å². The molecule has 40 heavy (non-hydrogen) atoms. The molecule has 0 saturated carbocycles. The molecular formula is C36H34O4. The van der Waals surface area contributed by atoms with Crippen LogP contribution >= 0.6 is 0 Å². The number of esters is 1. The van der Waals surface area contributed by atoms with E-state index in [1.54, 1.807) is 6.92 Å². The van der Waals surface area contributed by atoms with Gasteiger partial charge in [0.05, 0.1) is 19.3 Å². The van der Waals surface area contributed by atoms with Crippen LogP contribution < -0.4 is 0 Å². The quantitative estimate of drug-likeness (QED) is 0.149. The van der Waals surface area contributed by atoms with Crippen LogP contribution in [-0.2, 0) is 26.3 Å². The van der Waals surface area contributed by atoms with Gasteiger partial charge in [-0.05, 0) is 46.4 Å². The fraction of sp³-hybridized carbons (Fsp3) is 0.194. The van der Waals surface area contributed by atoms with E-state index in [1.165, 1.54) is 0 Å². The number of fused-ring (bicyclic) bond motifs is 1. The predicted octanol–water partition coefficient (Wildman–Crippen LogP) is 6.93. The van der Waals surface area contributed by atoms with Gasteiger partial charge < -0.3 is 14.6 Å². The minimum atomic E-state index is -1.01. The maximum atomic E-state index is 13.3. The minimum absolute atomic E-state index is 0.0382. The molecule has 0 heterocycles. The summed E-state index contributed by atoms with van der Waals surface area (Å²) in [6.45, 7) is 1.95. The van der Waals surface area contributed by atoms with Crippen LogP contribution in [-0.4, -0.2) is 30.4 Å². The van der Waals surface area contributed by atoms with Crippen LogP contribution in [0.1, 0.15) is 29.2 Å². The number of benzene rings is 5. The number of carbonyl (C=O) groups is 1. The number of hydrogen-bond donors (Lipinski definition) is 1. The smallest absolute Gasteiger partial charge is 0.313 e. The Kier molecular flexibility index (Phi) is 8.70. The molecule has 0 spiro atoms. The first-order chi connectivity index (χ1) is 19.6. The van der Waals surface area contributed by atoms with Gasteiger partial charge in [-0.3, -0.25) is 4.79 Å². The van der Waals surface area contributed by atoms with E-state index >= 15 is 0 Å². The standard InChI is InChI=1S/C36H34O4/c1-2-39-35(38)33(34(37)25-28-17-14-16-27-15-12-13-24-32(27)28)26-40-36(29-18-6-3-7-19-29,30-20-8-4-9-21-30)31-22-10-5-11-23-31/h3-24,33-34,37H,2,25-26H2,1H3/t33-,34-/m0/s1. The van der Waals surface area contributed by atoms with E-state index in [0.29, 0.717) is 6.42 Å². The molecule has 5 aromatic carbocycles. The summed E-state index contributed by atoms with van der Waals surface area (Å²) >= 11 is 0. The highest BCUT2D eigenvalue weighted by atomic mass is 16.5. The number of carbonyl (C=O) groups excluding carboxylic acids is 1. The molecule has 202 valence electrons. The first kappa shape index (κ1) is 27.3. The Morgan fingerprint density at radius 2 is 1.20 bits per heavy atom. The molecule has 4 nitrogen and oxygen atoms in total. The van der Waals surface area contributed by atoms with Gasteiger partial charge in [-0.1, -0.05) is 133 Å². The van der Waals surface area contributed by atoms with Crippen LogP contribution in [0, 0.1) is 5.92 Å². The van der Waals surface area contributed by atoms with Crippen molar-refractivity contribution in [2.45, 2.75) is 25.0 Å². The summed E-state index contributed by atoms with van der Waals surface area (Å²) in [4.78, 5) is 13.3. The molecule has 4 heteroatoms. The third-order valence-electron chi connectivity index (χ3n) is 7.38. The molecule has 0 fully saturated rings. The number of aliphatic hydroxyl groups excluding tert-OH is 1. The normalized spacial score (nSPS) is 13.1. The summed E-state index contributed by atoms with van der Waals surface area (Å²) in [6, 6.07) is 44.1. The molecule has 0 aromatic heterocycles. The highest BCUT2D eigenvalue weighted by Gasteiger charge is 2.40. The van der Waals surface area contributed by atoms with E-state index in [1.807, 2.05) is 133 Å². The van der Waals surface area contributed by atoms with Crippen LogP contribution in [0.2, 0.25) is 0 Å². The fourth-order valence-electron chi connectivity index (χ4n) is 5.41. The van der Waals surface area contributed by atoms with Gasteiger partial charge in [-0.25, -0.2) is 0 Å². The zero-order valence-electron chi connectivity index (χ0n) is 22.6. The zero-order chi connectivity index (χ0) is 27.8. The van der Waals surface area contributed by atoms with Crippen molar-refractivity contribution >= 4 is 16.7 Å². The lowest BCUT2D eigenvalue weighted by atomic mass is 9.80. The molecule has 0 saturated heterocycles. The fourth-order valence-corrected chi connectivity index (χ4v) is 5.41. The number of rotatable bonds is 11. The molecule has 0 radical (unpaired) electrons. The van der Waals surface area contributed by atoms with Crippen molar-refractivity contribution in [3.63, 3.8) is 0 Å². The topological polar surface area (TPSA) is 55.8 Å². The maximum absolute atomic E-state index is 13.3. The summed E-state index contributed by atoms with van der Waals surface area (Å²) in [5.41, 5.74) is 2.75. The Labute approximate surface area is 235 Å². The van der Waals surface area contributed by atoms with Gasteiger partial charge >= 0.3 is 5.97 Å². The number of ether oxygens (including phenoxy) is 2. The number of hydrogen-bond acceptors (Lipinski definition) is 4. The van der Waals surface area contributed by atoms with Crippen molar-refractivity contribution in [2.75, 3.05) is 13.2 Å². The van der Waals surface area contributed by atoms with Gasteiger partial charge in [-0.15, -0.1) is 0 Å². The average Bonchev–Trinajstić information content (AvgIpc) is 3.01. The lowest BCUT2D eigenvalue weighted by Crippen LogP contribution is -2.40. The monoisotopic (exact) mass is 530 g/mol. The SMILES string of the molecule is CCOC(=O)[C@@H](COC(c1ccccc1)(c1ccccc1)c1ccccc1)[C@@H](O)Cc1cccc2ccccc12. The zero-order valence-corrected chi connectivity index (χ0v) is 22.6. The van der Waals surface area contributed by atoms with Crippen LogP contribution in [0.4, 0.5) is 0 Å². The van der Waals surface area contributed by atoms with Crippen LogP contribution in [0.25, 0.3) is 10.8 Å². The van der Waals surface area contributed by atoms with Crippen molar-refractivity contribution in [3.05, 3.63) is 156 Å². The molecule has 0 aliphatic heterocycles. The van der Waals surface area contributed by atoms with Crippen molar-refractivity contribution < 1.29 is 19.4 Å². The van der Waals surface area contributed by atoms with E-state index in [0.717, 1.165) is 33.0 Å². The summed E-state index contributed by atoms with van der Waals surface area (Å²) in [5, 5.41) is 13.7. The van der Waals surface area contributed by atoms with Crippen molar-refractivity contribution in [2.24, 2.45) is 5.92 Å². The van der Waals surface area contributed by atoms with E-state index in [4.69, 9.17) is 9.47 Å². The van der Waals surface area contributed by atoms with Gasteiger partial charge in [0, 0.05) is 0 Å². The minimum Gasteiger partial charge on any atom is -0.466 e. The molecule has 1 N–H and O–H groups in total. The Morgan fingerprint density at radius 3 is 1.75 bits per heavy atom. The van der Waals surface area contributed by atoms with Crippen molar-refractivity contribution in [1.29, 1.82) is 0 Å². The average molecular weight is 531 g/mol. The van der Waals surface area contributed by atoms with Crippen LogP contribution in [0.5, 0.6) is 0 Å². The molecule has 0 bridgehead atoms. The van der Waals surface area contributed by atoms with E-state index in [2.05, 4.69) is 0 Å². The predicted molar refractivity (Wildman–Crippen MR) is 159 cm³/mol. The summed E-state index contributed by atoms with van der Waals surface area (Å²) < 4.78 is 12.4. The van der Waals surface area contributed by atoms with E-state index in [-0.39, 0.29) is 13.2 Å². The van der Waals surface area contributed by atoms with Gasteiger partial charge in [0.2, 0.25) is 0 Å². The second kappa shape index (κ2) is 12.7. The Hall–Kier alpha value is -4.25. The van der Waals surface area contributed by atoms with Gasteiger partial charge in [0.1, 0.15) is 11.5 Å². The summed E-state index contributed by atoms with van der Waals surface area (Å²) in [6.07, 6.45) is -0.715. The van der Waals surface area contributed by atoms with Crippen molar-refractivity contribution in [3.8, 4) is 0 Å². The lowest BCUT2D eigenvalue weighted by molar-refractivity contribution is -0.157. The Morgan fingerprint density at radius 1 is 0.700 bits per heavy atom. The highest BCUT2D eigenvalue weighted by Crippen LogP contribution is 2.41.